The molecule has 1 fully saturated rings. The van der Waals surface area contributed by atoms with Crippen LogP contribution in [0.5, 0.6) is 5.88 Å². The van der Waals surface area contributed by atoms with Crippen molar-refractivity contribution in [3.05, 3.63) is 57.4 Å². The summed E-state index contributed by atoms with van der Waals surface area (Å²) in [6.45, 7) is 7.51. The van der Waals surface area contributed by atoms with Gasteiger partial charge in [-0.05, 0) is 39.8 Å². The highest BCUT2D eigenvalue weighted by Crippen LogP contribution is 2.35. The standard InChI is InChI=1S/C23H24F3N5O4/c1-11-9-31(10-12(2)34-11)22(33)15-5-6-18(27-8-15)35-13(3)16-7-17-20(28-14(4)29-21(17)32)30-19(16)23(24,25)26/h5-8,11-13H,9-10H2,1-4H3,(H,28,29,30,32)/t11-,12+,13?. The van der Waals surface area contributed by atoms with Crippen LogP contribution < -0.4 is 10.3 Å². The van der Waals surface area contributed by atoms with E-state index in [4.69, 9.17) is 9.47 Å². The molecular weight excluding hydrogens is 467 g/mol. The molecular formula is C23H24F3N5O4. The van der Waals surface area contributed by atoms with E-state index in [0.29, 0.717) is 18.7 Å². The topological polar surface area (TPSA) is 110 Å². The summed E-state index contributed by atoms with van der Waals surface area (Å²) in [4.78, 5) is 40.8. The summed E-state index contributed by atoms with van der Waals surface area (Å²) in [5.41, 5.74) is -2.11. The Morgan fingerprint density at radius 1 is 1.23 bits per heavy atom. The lowest BCUT2D eigenvalue weighted by atomic mass is 10.1. The van der Waals surface area contributed by atoms with E-state index >= 15 is 0 Å². The van der Waals surface area contributed by atoms with Gasteiger partial charge in [0, 0.05) is 30.9 Å². The van der Waals surface area contributed by atoms with Crippen molar-refractivity contribution in [3.8, 4) is 5.88 Å². The van der Waals surface area contributed by atoms with Crippen LogP contribution in [0.15, 0.2) is 29.2 Å². The van der Waals surface area contributed by atoms with Gasteiger partial charge in [-0.2, -0.15) is 13.2 Å². The Labute approximate surface area is 198 Å². The van der Waals surface area contributed by atoms with Crippen molar-refractivity contribution in [2.75, 3.05) is 13.1 Å². The normalized spacial score (nSPS) is 19.6. The Bertz CT molecular complexity index is 1300. The number of H-pyrrole nitrogens is 1. The number of halogens is 3. The third-order valence-corrected chi connectivity index (χ3v) is 5.54. The summed E-state index contributed by atoms with van der Waals surface area (Å²) < 4.78 is 52.5. The van der Waals surface area contributed by atoms with E-state index in [1.165, 1.54) is 32.2 Å². The second-order valence-corrected chi connectivity index (χ2v) is 8.56. The quantitative estimate of drug-likeness (QED) is 0.595. The molecule has 12 heteroatoms. The Hall–Kier alpha value is -3.54. The molecule has 0 saturated carbocycles. The van der Waals surface area contributed by atoms with Gasteiger partial charge in [0.15, 0.2) is 11.3 Å². The molecule has 4 heterocycles. The second-order valence-electron chi connectivity index (χ2n) is 8.56. The number of pyridine rings is 2. The van der Waals surface area contributed by atoms with Crippen LogP contribution >= 0.6 is 0 Å². The second kappa shape index (κ2) is 9.25. The number of aromatic nitrogens is 4. The molecule has 3 aromatic rings. The Kier molecular flexibility index (Phi) is 6.50. The Balaban J connectivity index is 1.59. The minimum atomic E-state index is -4.80. The van der Waals surface area contributed by atoms with Crippen LogP contribution in [-0.2, 0) is 10.9 Å². The van der Waals surface area contributed by atoms with Crippen LogP contribution in [0.25, 0.3) is 11.0 Å². The highest BCUT2D eigenvalue weighted by molar-refractivity contribution is 5.94. The summed E-state index contributed by atoms with van der Waals surface area (Å²) >= 11 is 0. The fourth-order valence-electron chi connectivity index (χ4n) is 4.07. The molecule has 3 aromatic heterocycles. The molecule has 1 N–H and O–H groups in total. The fraction of sp³-hybridized carbons (Fsp3) is 0.435. The largest absolute Gasteiger partial charge is 0.470 e. The number of hydrogen-bond acceptors (Lipinski definition) is 7. The van der Waals surface area contributed by atoms with E-state index in [1.54, 1.807) is 4.90 Å². The molecule has 0 bridgehead atoms. The van der Waals surface area contributed by atoms with Gasteiger partial charge in [-0.15, -0.1) is 0 Å². The zero-order valence-corrected chi connectivity index (χ0v) is 19.5. The van der Waals surface area contributed by atoms with E-state index in [0.717, 1.165) is 6.07 Å². The number of alkyl halides is 3. The summed E-state index contributed by atoms with van der Waals surface area (Å²) in [6, 6.07) is 4.00. The van der Waals surface area contributed by atoms with Gasteiger partial charge in [0.2, 0.25) is 5.88 Å². The lowest BCUT2D eigenvalue weighted by Crippen LogP contribution is -2.48. The molecule has 0 aromatic carbocycles. The molecule has 4 rings (SSSR count). The van der Waals surface area contributed by atoms with Gasteiger partial charge in [-0.1, -0.05) is 0 Å². The van der Waals surface area contributed by atoms with Crippen molar-refractivity contribution >= 4 is 16.9 Å². The third kappa shape index (κ3) is 5.26. The summed E-state index contributed by atoms with van der Waals surface area (Å²) in [5, 5.41) is -0.0862. The van der Waals surface area contributed by atoms with Crippen molar-refractivity contribution in [3.63, 3.8) is 0 Å². The molecule has 35 heavy (non-hydrogen) atoms. The molecule has 1 unspecified atom stereocenters. The SMILES string of the molecule is Cc1nc2nc(C(F)(F)F)c(C(C)Oc3ccc(C(=O)N4C[C@@H](C)O[C@@H](C)C4)cn3)cc2c(=O)[nH]1. The predicted molar refractivity (Wildman–Crippen MR) is 119 cm³/mol. The van der Waals surface area contributed by atoms with Crippen LogP contribution in [0.2, 0.25) is 0 Å². The van der Waals surface area contributed by atoms with Crippen LogP contribution in [0.4, 0.5) is 13.2 Å². The number of rotatable bonds is 4. The Morgan fingerprint density at radius 3 is 2.51 bits per heavy atom. The number of amides is 1. The third-order valence-electron chi connectivity index (χ3n) is 5.54. The molecule has 1 saturated heterocycles. The number of carbonyl (C=O) groups is 1. The number of fused-ring (bicyclic) bond motifs is 1. The van der Waals surface area contributed by atoms with E-state index in [2.05, 4.69) is 19.9 Å². The fourth-order valence-corrected chi connectivity index (χ4v) is 4.07. The molecule has 3 atom stereocenters. The molecule has 9 nitrogen and oxygen atoms in total. The predicted octanol–water partition coefficient (Wildman–Crippen LogP) is 3.43. The van der Waals surface area contributed by atoms with Gasteiger partial charge in [0.25, 0.3) is 11.5 Å². The molecule has 0 aliphatic carbocycles. The molecule has 0 radical (unpaired) electrons. The van der Waals surface area contributed by atoms with Crippen molar-refractivity contribution < 1.29 is 27.4 Å². The number of carbonyl (C=O) groups excluding carboxylic acids is 1. The van der Waals surface area contributed by atoms with Gasteiger partial charge >= 0.3 is 6.18 Å². The monoisotopic (exact) mass is 491 g/mol. The van der Waals surface area contributed by atoms with E-state index in [9.17, 15) is 22.8 Å². The first-order valence-corrected chi connectivity index (χ1v) is 11.0. The number of morpholine rings is 1. The maximum absolute atomic E-state index is 13.8. The number of hydrogen-bond donors (Lipinski definition) is 1. The highest BCUT2D eigenvalue weighted by atomic mass is 19.4. The van der Waals surface area contributed by atoms with Gasteiger partial charge in [-0.3, -0.25) is 9.59 Å². The summed E-state index contributed by atoms with van der Waals surface area (Å²) in [7, 11) is 0. The van der Waals surface area contributed by atoms with Gasteiger partial charge < -0.3 is 19.4 Å². The number of nitrogens with one attached hydrogen (secondary N) is 1. The lowest BCUT2D eigenvalue weighted by Gasteiger charge is -2.35. The van der Waals surface area contributed by atoms with Gasteiger partial charge in [-0.25, -0.2) is 15.0 Å². The van der Waals surface area contributed by atoms with Crippen LogP contribution in [0.3, 0.4) is 0 Å². The molecule has 1 aliphatic heterocycles. The van der Waals surface area contributed by atoms with E-state index < -0.39 is 23.5 Å². The zero-order chi connectivity index (χ0) is 25.5. The van der Waals surface area contributed by atoms with Crippen molar-refractivity contribution in [2.45, 2.75) is 52.2 Å². The molecule has 1 amide bonds. The molecule has 1 aliphatic rings. The number of aryl methyl sites for hydroxylation is 1. The zero-order valence-electron chi connectivity index (χ0n) is 19.5. The first kappa shape index (κ1) is 24.6. The minimum Gasteiger partial charge on any atom is -0.470 e. The van der Waals surface area contributed by atoms with E-state index in [-0.39, 0.29) is 46.4 Å². The van der Waals surface area contributed by atoms with Crippen molar-refractivity contribution in [1.29, 1.82) is 0 Å². The minimum absolute atomic E-state index is 0.0157. The van der Waals surface area contributed by atoms with Crippen LogP contribution in [-0.4, -0.2) is 56.0 Å². The van der Waals surface area contributed by atoms with Crippen LogP contribution in [0, 0.1) is 6.92 Å². The smallest absolute Gasteiger partial charge is 0.433 e. The summed E-state index contributed by atoms with van der Waals surface area (Å²) in [5.74, 6) is -0.0545. The maximum Gasteiger partial charge on any atom is 0.433 e. The molecule has 0 spiro atoms. The lowest BCUT2D eigenvalue weighted by molar-refractivity contribution is -0.142. The van der Waals surface area contributed by atoms with Crippen LogP contribution in [0.1, 0.15) is 54.3 Å². The Morgan fingerprint density at radius 2 is 1.91 bits per heavy atom. The average Bonchev–Trinajstić information content (AvgIpc) is 2.77. The number of nitrogens with zero attached hydrogens (tertiary/aromatic N) is 4. The highest BCUT2D eigenvalue weighted by Gasteiger charge is 2.38. The van der Waals surface area contributed by atoms with E-state index in [1.807, 2.05) is 13.8 Å². The summed E-state index contributed by atoms with van der Waals surface area (Å²) in [6.07, 6.45) is -4.82. The van der Waals surface area contributed by atoms with Gasteiger partial charge in [0.1, 0.15) is 11.9 Å². The number of ether oxygens (including phenoxy) is 2. The first-order chi connectivity index (χ1) is 16.4. The molecule has 186 valence electrons. The first-order valence-electron chi connectivity index (χ1n) is 11.0. The van der Waals surface area contributed by atoms with Crippen molar-refractivity contribution in [2.24, 2.45) is 0 Å². The number of aromatic amines is 1. The van der Waals surface area contributed by atoms with Gasteiger partial charge in [0.05, 0.1) is 23.2 Å². The average molecular weight is 491 g/mol. The maximum atomic E-state index is 13.8. The van der Waals surface area contributed by atoms with Crippen molar-refractivity contribution in [1.82, 2.24) is 24.8 Å².